The van der Waals surface area contributed by atoms with Gasteiger partial charge in [0, 0.05) is 28.3 Å². The highest BCUT2D eigenvalue weighted by molar-refractivity contribution is 7.90. The van der Waals surface area contributed by atoms with Gasteiger partial charge in [-0.05, 0) is 67.8 Å². The number of ketones is 1. The van der Waals surface area contributed by atoms with E-state index in [0.717, 1.165) is 11.1 Å². The maximum Gasteiger partial charge on any atom is 0.298 e. The van der Waals surface area contributed by atoms with Gasteiger partial charge in [0.25, 0.3) is 25.7 Å². The number of aryl methyl sites for hydroxylation is 3. The molecule has 4 N–H and O–H groups in total. The van der Waals surface area contributed by atoms with E-state index in [4.69, 9.17) is 4.74 Å². The van der Waals surface area contributed by atoms with Gasteiger partial charge in [-0.2, -0.15) is 8.42 Å². The molecule has 2 aliphatic rings. The summed E-state index contributed by atoms with van der Waals surface area (Å²) in [7, 11) is -8.93. The summed E-state index contributed by atoms with van der Waals surface area (Å²) in [5.41, 5.74) is 3.50. The smallest absolute Gasteiger partial charge is 0.298 e. The molecule has 0 saturated heterocycles. The number of nitrogens with zero attached hydrogens (tertiary/aromatic N) is 1. The van der Waals surface area contributed by atoms with Gasteiger partial charge in [-0.3, -0.25) is 18.9 Å². The predicted octanol–water partition coefficient (Wildman–Crippen LogP) is 6.82. The minimum Gasteiger partial charge on any atom is -0.454 e. The van der Waals surface area contributed by atoms with Crippen molar-refractivity contribution in [3.63, 3.8) is 0 Å². The van der Waals surface area contributed by atoms with E-state index in [1.807, 2.05) is 32.0 Å². The molecule has 12 nitrogen and oxygen atoms in total. The Hall–Kier alpha value is -6.09. The van der Waals surface area contributed by atoms with Gasteiger partial charge >= 0.3 is 0 Å². The van der Waals surface area contributed by atoms with E-state index >= 15 is 0 Å². The molecule has 1 aromatic heterocycles. The molecule has 0 saturated carbocycles. The summed E-state index contributed by atoms with van der Waals surface area (Å²) in [6.07, 6.45) is 0. The van der Waals surface area contributed by atoms with Crippen LogP contribution in [0.25, 0.3) is 22.0 Å². The first-order valence-electron chi connectivity index (χ1n) is 15.9. The minimum absolute atomic E-state index is 0.0225. The molecule has 0 fully saturated rings. The summed E-state index contributed by atoms with van der Waals surface area (Å²) in [5.74, 6) is -0.950. The molecule has 5 aromatic carbocycles. The third-order valence-corrected chi connectivity index (χ3v) is 11.3. The molecule has 52 heavy (non-hydrogen) atoms. The second-order valence-electron chi connectivity index (χ2n) is 12.6. The Bertz CT molecular complexity index is 2900. The molecule has 260 valence electrons. The topological polar surface area (TPSA) is 184 Å². The number of hydrogen-bond acceptors (Lipinski definition) is 9. The summed E-state index contributed by atoms with van der Waals surface area (Å²) >= 11 is 0. The number of para-hydroxylation sites is 1. The van der Waals surface area contributed by atoms with E-state index in [2.05, 4.69) is 20.0 Å². The van der Waals surface area contributed by atoms with Crippen molar-refractivity contribution in [1.29, 1.82) is 0 Å². The van der Waals surface area contributed by atoms with E-state index in [1.165, 1.54) is 30.3 Å². The largest absolute Gasteiger partial charge is 0.454 e. The first kappa shape index (κ1) is 33.1. The fraction of sp³-hybridized carbons (Fsp3) is 0.0789. The Labute approximate surface area is 297 Å². The van der Waals surface area contributed by atoms with Crippen LogP contribution in [0.2, 0.25) is 0 Å². The van der Waals surface area contributed by atoms with Crippen LogP contribution in [0.1, 0.15) is 38.2 Å². The molecular weight excluding hydrogens is 705 g/mol. The fourth-order valence-electron chi connectivity index (χ4n) is 6.72. The summed E-state index contributed by atoms with van der Waals surface area (Å²) in [5, 5.41) is 3.55. The lowest BCUT2D eigenvalue weighted by atomic mass is 9.81. The molecule has 0 bridgehead atoms. The van der Waals surface area contributed by atoms with Crippen molar-refractivity contribution in [3.8, 4) is 22.6 Å². The molecule has 0 unspecified atom stereocenters. The van der Waals surface area contributed by atoms with Gasteiger partial charge in [0.15, 0.2) is 17.4 Å². The number of pyridine rings is 1. The van der Waals surface area contributed by atoms with Gasteiger partial charge < -0.3 is 15.0 Å². The van der Waals surface area contributed by atoms with Crippen molar-refractivity contribution in [3.05, 3.63) is 135 Å². The van der Waals surface area contributed by atoms with Gasteiger partial charge in [-0.15, -0.1) is 0 Å². The second-order valence-corrected chi connectivity index (χ2v) is 15.7. The van der Waals surface area contributed by atoms with Crippen LogP contribution in [0.15, 0.2) is 111 Å². The maximum atomic E-state index is 14.5. The summed E-state index contributed by atoms with van der Waals surface area (Å²) < 4.78 is 70.7. The molecule has 1 aliphatic heterocycles. The van der Waals surface area contributed by atoms with Crippen LogP contribution in [0, 0.1) is 20.8 Å². The third-order valence-electron chi connectivity index (χ3n) is 9.03. The van der Waals surface area contributed by atoms with Crippen LogP contribution in [0.4, 0.5) is 17.1 Å². The molecule has 0 atom stereocenters. The number of carbonyl (C=O) groups excluding carboxylic acids is 1. The number of amidine groups is 1. The molecule has 8 rings (SSSR count). The van der Waals surface area contributed by atoms with Crippen molar-refractivity contribution in [2.75, 3.05) is 5.32 Å². The number of aromatic amines is 1. The molecule has 14 heteroatoms. The summed E-state index contributed by atoms with van der Waals surface area (Å²) in [6, 6.07) is 24.2. The van der Waals surface area contributed by atoms with Gasteiger partial charge in [0.05, 0.1) is 28.0 Å². The average molecular weight is 733 g/mol. The number of sulfonamides is 1. The highest BCUT2D eigenvalue weighted by Gasteiger charge is 2.36. The summed E-state index contributed by atoms with van der Waals surface area (Å²) in [6.45, 7) is 5.49. The maximum absolute atomic E-state index is 14.5. The van der Waals surface area contributed by atoms with Crippen molar-refractivity contribution in [1.82, 2.24) is 9.71 Å². The number of H-pyrrole nitrogens is 1. The first-order valence-corrected chi connectivity index (χ1v) is 18.9. The van der Waals surface area contributed by atoms with Gasteiger partial charge in [0.2, 0.25) is 0 Å². The predicted molar refractivity (Wildman–Crippen MR) is 197 cm³/mol. The molecule has 1 aliphatic carbocycles. The number of fused-ring (bicyclic) bond motifs is 3. The van der Waals surface area contributed by atoms with Crippen LogP contribution in [0.3, 0.4) is 0 Å². The first-order chi connectivity index (χ1) is 24.7. The van der Waals surface area contributed by atoms with Crippen molar-refractivity contribution < 1.29 is 30.9 Å². The van der Waals surface area contributed by atoms with Crippen LogP contribution < -0.4 is 20.3 Å². The van der Waals surface area contributed by atoms with E-state index in [-0.39, 0.29) is 66.8 Å². The van der Waals surface area contributed by atoms with Crippen LogP contribution in [-0.4, -0.2) is 38.0 Å². The highest BCUT2D eigenvalue weighted by atomic mass is 32.2. The number of aliphatic imine (C=N–C) groups is 1. The van der Waals surface area contributed by atoms with E-state index in [9.17, 15) is 31.0 Å². The average Bonchev–Trinajstić information content (AvgIpc) is 3.09. The van der Waals surface area contributed by atoms with Crippen molar-refractivity contribution >= 4 is 59.7 Å². The van der Waals surface area contributed by atoms with Gasteiger partial charge in [-0.25, -0.2) is 13.4 Å². The highest BCUT2D eigenvalue weighted by Crippen LogP contribution is 2.48. The third kappa shape index (κ3) is 5.35. The Morgan fingerprint density at radius 2 is 1.46 bits per heavy atom. The Morgan fingerprint density at radius 1 is 0.769 bits per heavy atom. The molecule has 0 radical (unpaired) electrons. The van der Waals surface area contributed by atoms with Crippen LogP contribution >= 0.6 is 0 Å². The zero-order valence-electron chi connectivity index (χ0n) is 27.7. The van der Waals surface area contributed by atoms with Crippen molar-refractivity contribution in [2.45, 2.75) is 30.6 Å². The van der Waals surface area contributed by atoms with Gasteiger partial charge in [0.1, 0.15) is 15.5 Å². The number of anilines is 2. The SMILES string of the molecule is Cc1ccc(Nc2cc(Oc3ccc(C)cc3S(=O)(=O)O)c3[nH]c(=O)c(C4=Nc5ccccc5S(=O)(=O)N4)c4c3c2C(=O)c2ccccc2-4)c(C)c1. The molecule has 6 aromatic rings. The Balaban J connectivity index is 1.50. The zero-order valence-corrected chi connectivity index (χ0v) is 29.4. The number of rotatable bonds is 6. The lowest BCUT2D eigenvalue weighted by Gasteiger charge is -2.27. The second kappa shape index (κ2) is 11.7. The monoisotopic (exact) mass is 732 g/mol. The normalized spacial score (nSPS) is 14.2. The quantitative estimate of drug-likeness (QED) is 0.133. The minimum atomic E-state index is -4.77. The molecule has 0 amide bonds. The van der Waals surface area contributed by atoms with Crippen LogP contribution in [-0.2, 0) is 20.1 Å². The molecule has 0 spiro atoms. The van der Waals surface area contributed by atoms with E-state index in [0.29, 0.717) is 16.8 Å². The van der Waals surface area contributed by atoms with Crippen molar-refractivity contribution in [2.24, 2.45) is 4.99 Å². The molecular formula is C38H28N4O8S2. The lowest BCUT2D eigenvalue weighted by Crippen LogP contribution is -2.38. The number of hydrogen-bond donors (Lipinski definition) is 4. The van der Waals surface area contributed by atoms with Gasteiger partial charge in [-0.1, -0.05) is 60.2 Å². The Kier molecular flexibility index (Phi) is 7.46. The molecule has 2 heterocycles. The number of carbonyl (C=O) groups is 1. The standard InChI is InChI=1S/C38H28N4O8S2/c1-19-12-14-24(21(3)16-19)39-26-18-28(50-27-15-13-20(2)17-30(27)52(47,48)49)35-33-31(22-8-4-5-9-23(22)36(43)32(26)33)34(38(44)41-35)37-40-25-10-6-7-11-29(25)51(45,46)42-37/h4-18,39H,1-3H3,(H,40,42)(H,41,44)(H,47,48,49). The van der Waals surface area contributed by atoms with E-state index in [1.54, 1.807) is 49.4 Å². The number of benzene rings is 5. The fourth-order valence-corrected chi connectivity index (χ4v) is 8.58. The lowest BCUT2D eigenvalue weighted by molar-refractivity contribution is 0.104. The van der Waals surface area contributed by atoms with Crippen LogP contribution in [0.5, 0.6) is 11.5 Å². The summed E-state index contributed by atoms with van der Waals surface area (Å²) in [4.78, 5) is 35.7. The zero-order chi connectivity index (χ0) is 36.7. The van der Waals surface area contributed by atoms with E-state index < -0.39 is 36.4 Å². The number of nitrogens with one attached hydrogen (secondary N) is 3. The number of aromatic nitrogens is 1. The Morgan fingerprint density at radius 3 is 2.21 bits per heavy atom. The number of ether oxygens (including phenoxy) is 1.